The monoisotopic (exact) mass is 240 g/mol. The summed E-state index contributed by atoms with van der Waals surface area (Å²) in [6.07, 6.45) is 8.32. The molecule has 2 saturated carbocycles. The third-order valence-electron chi connectivity index (χ3n) is 4.48. The second-order valence-electron chi connectivity index (χ2n) is 5.76. The third kappa shape index (κ3) is 3.94. The molecule has 0 bridgehead atoms. The van der Waals surface area contributed by atoms with Crippen LogP contribution in [0.15, 0.2) is 0 Å². The average molecular weight is 240 g/mol. The fourth-order valence-corrected chi connectivity index (χ4v) is 3.21. The molecular weight excluding hydrogens is 212 g/mol. The minimum atomic E-state index is 0.771. The van der Waals surface area contributed by atoms with Crippen molar-refractivity contribution in [3.63, 3.8) is 0 Å². The van der Waals surface area contributed by atoms with Crippen LogP contribution in [0.1, 0.15) is 38.5 Å². The number of nitrogens with zero attached hydrogens (tertiary/aromatic N) is 1. The maximum absolute atomic E-state index is 5.92. The summed E-state index contributed by atoms with van der Waals surface area (Å²) in [7, 11) is 1.80. The van der Waals surface area contributed by atoms with Crippen LogP contribution in [0.4, 0.5) is 0 Å². The quantitative estimate of drug-likeness (QED) is 0.738. The Morgan fingerprint density at radius 3 is 2.41 bits per heavy atom. The van der Waals surface area contributed by atoms with Crippen LogP contribution in [0, 0.1) is 11.8 Å². The Labute approximate surface area is 106 Å². The summed E-state index contributed by atoms with van der Waals surface area (Å²) >= 11 is 0. The first kappa shape index (κ1) is 13.3. The second kappa shape index (κ2) is 6.72. The maximum Gasteiger partial charge on any atom is 0.0589 e. The van der Waals surface area contributed by atoms with E-state index >= 15 is 0 Å². The lowest BCUT2D eigenvalue weighted by Crippen LogP contribution is -2.39. The predicted molar refractivity (Wildman–Crippen MR) is 71.0 cm³/mol. The van der Waals surface area contributed by atoms with Gasteiger partial charge in [-0.1, -0.05) is 12.8 Å². The molecule has 0 spiro atoms. The van der Waals surface area contributed by atoms with Gasteiger partial charge in [0.15, 0.2) is 0 Å². The normalized spacial score (nSPS) is 29.8. The summed E-state index contributed by atoms with van der Waals surface area (Å²) in [5.74, 6) is 1.61. The van der Waals surface area contributed by atoms with Gasteiger partial charge in [0.1, 0.15) is 0 Å². The van der Waals surface area contributed by atoms with Gasteiger partial charge < -0.3 is 10.5 Å². The summed E-state index contributed by atoms with van der Waals surface area (Å²) in [5.41, 5.74) is 5.92. The summed E-state index contributed by atoms with van der Waals surface area (Å²) in [5, 5.41) is 0. The van der Waals surface area contributed by atoms with E-state index in [0.29, 0.717) is 0 Å². The molecule has 0 aromatic heterocycles. The lowest BCUT2D eigenvalue weighted by molar-refractivity contribution is 0.107. The van der Waals surface area contributed by atoms with Crippen molar-refractivity contribution in [3.8, 4) is 0 Å². The van der Waals surface area contributed by atoms with Crippen molar-refractivity contribution in [1.82, 2.24) is 4.90 Å². The van der Waals surface area contributed by atoms with E-state index in [1.54, 1.807) is 7.11 Å². The van der Waals surface area contributed by atoms with E-state index in [-0.39, 0.29) is 0 Å². The zero-order chi connectivity index (χ0) is 12.1. The highest BCUT2D eigenvalue weighted by molar-refractivity contribution is 4.87. The predicted octanol–water partition coefficient (Wildman–Crippen LogP) is 1.86. The van der Waals surface area contributed by atoms with Gasteiger partial charge >= 0.3 is 0 Å². The SMILES string of the molecule is COCCN(CC1CCCCC1CN)C1CC1. The number of ether oxygens (including phenoxy) is 1. The highest BCUT2D eigenvalue weighted by Gasteiger charge is 2.32. The molecule has 0 radical (unpaired) electrons. The first-order valence-corrected chi connectivity index (χ1v) is 7.28. The Morgan fingerprint density at radius 1 is 1.12 bits per heavy atom. The maximum atomic E-state index is 5.92. The topological polar surface area (TPSA) is 38.5 Å². The first-order valence-electron chi connectivity index (χ1n) is 7.28. The summed E-state index contributed by atoms with van der Waals surface area (Å²) < 4.78 is 5.23. The molecule has 0 amide bonds. The highest BCUT2D eigenvalue weighted by Crippen LogP contribution is 2.33. The molecule has 0 saturated heterocycles. The van der Waals surface area contributed by atoms with Crippen LogP contribution >= 0.6 is 0 Å². The highest BCUT2D eigenvalue weighted by atomic mass is 16.5. The molecule has 0 heterocycles. The molecule has 100 valence electrons. The van der Waals surface area contributed by atoms with E-state index in [9.17, 15) is 0 Å². The molecule has 2 N–H and O–H groups in total. The Kier molecular flexibility index (Phi) is 5.26. The smallest absolute Gasteiger partial charge is 0.0589 e. The van der Waals surface area contributed by atoms with Gasteiger partial charge in [-0.2, -0.15) is 0 Å². The van der Waals surface area contributed by atoms with E-state index in [4.69, 9.17) is 10.5 Å². The van der Waals surface area contributed by atoms with Crippen LogP contribution < -0.4 is 5.73 Å². The first-order chi connectivity index (χ1) is 8.35. The van der Waals surface area contributed by atoms with Crippen LogP contribution in [-0.2, 0) is 4.74 Å². The third-order valence-corrected chi connectivity index (χ3v) is 4.48. The summed E-state index contributed by atoms with van der Waals surface area (Å²) in [6, 6.07) is 0.852. The lowest BCUT2D eigenvalue weighted by atomic mass is 9.79. The van der Waals surface area contributed by atoms with Crippen LogP contribution in [0.2, 0.25) is 0 Å². The van der Waals surface area contributed by atoms with Crippen molar-refractivity contribution in [2.75, 3.05) is 33.4 Å². The van der Waals surface area contributed by atoms with Gasteiger partial charge in [-0.25, -0.2) is 0 Å². The van der Waals surface area contributed by atoms with Gasteiger partial charge in [0.25, 0.3) is 0 Å². The van der Waals surface area contributed by atoms with Gasteiger partial charge in [0.2, 0.25) is 0 Å². The van der Waals surface area contributed by atoms with Crippen LogP contribution in [-0.4, -0.2) is 44.3 Å². The number of methoxy groups -OCH3 is 1. The molecule has 0 aliphatic heterocycles. The minimum absolute atomic E-state index is 0.771. The van der Waals surface area contributed by atoms with Crippen LogP contribution in [0.3, 0.4) is 0 Å². The molecule has 2 unspecified atom stereocenters. The summed E-state index contributed by atoms with van der Waals surface area (Å²) in [6.45, 7) is 4.12. The minimum Gasteiger partial charge on any atom is -0.383 e. The zero-order valence-corrected chi connectivity index (χ0v) is 11.2. The van der Waals surface area contributed by atoms with Gasteiger partial charge in [-0.3, -0.25) is 4.90 Å². The van der Waals surface area contributed by atoms with E-state index in [1.165, 1.54) is 45.1 Å². The molecule has 0 aromatic carbocycles. The molecule has 2 aliphatic rings. The van der Waals surface area contributed by atoms with Crippen molar-refractivity contribution in [2.24, 2.45) is 17.6 Å². The van der Waals surface area contributed by atoms with Gasteiger partial charge in [0.05, 0.1) is 6.61 Å². The van der Waals surface area contributed by atoms with E-state index in [2.05, 4.69) is 4.90 Å². The largest absolute Gasteiger partial charge is 0.383 e. The van der Waals surface area contributed by atoms with Crippen molar-refractivity contribution >= 4 is 0 Å². The molecule has 2 atom stereocenters. The molecular formula is C14H28N2O. The standard InChI is InChI=1S/C14H28N2O/c1-17-9-8-16(14-6-7-14)11-13-5-3-2-4-12(13)10-15/h12-14H,2-11,15H2,1H3. The fraction of sp³-hybridized carbons (Fsp3) is 1.00. The van der Waals surface area contributed by atoms with Crippen molar-refractivity contribution in [1.29, 1.82) is 0 Å². The Morgan fingerprint density at radius 2 is 1.82 bits per heavy atom. The van der Waals surface area contributed by atoms with Crippen LogP contribution in [0.25, 0.3) is 0 Å². The zero-order valence-electron chi connectivity index (χ0n) is 11.2. The Balaban J connectivity index is 1.82. The Hall–Kier alpha value is -0.120. The second-order valence-corrected chi connectivity index (χ2v) is 5.76. The Bertz CT molecular complexity index is 218. The van der Waals surface area contributed by atoms with Gasteiger partial charge in [-0.05, 0) is 44.1 Å². The number of nitrogens with two attached hydrogens (primary N) is 1. The van der Waals surface area contributed by atoms with Gasteiger partial charge in [0, 0.05) is 26.2 Å². The molecule has 17 heavy (non-hydrogen) atoms. The van der Waals surface area contributed by atoms with E-state index in [1.807, 2.05) is 0 Å². The molecule has 2 aliphatic carbocycles. The molecule has 3 nitrogen and oxygen atoms in total. The summed E-state index contributed by atoms with van der Waals surface area (Å²) in [4.78, 5) is 2.65. The number of rotatable bonds is 7. The average Bonchev–Trinajstić information content (AvgIpc) is 3.19. The van der Waals surface area contributed by atoms with Crippen molar-refractivity contribution in [3.05, 3.63) is 0 Å². The van der Waals surface area contributed by atoms with E-state index < -0.39 is 0 Å². The molecule has 3 heteroatoms. The number of hydrogen-bond donors (Lipinski definition) is 1. The molecule has 2 fully saturated rings. The van der Waals surface area contributed by atoms with Crippen molar-refractivity contribution in [2.45, 2.75) is 44.6 Å². The molecule has 2 rings (SSSR count). The number of hydrogen-bond acceptors (Lipinski definition) is 3. The van der Waals surface area contributed by atoms with E-state index in [0.717, 1.165) is 37.6 Å². The van der Waals surface area contributed by atoms with Crippen molar-refractivity contribution < 1.29 is 4.74 Å². The molecule has 0 aromatic rings. The fourth-order valence-electron chi connectivity index (χ4n) is 3.21. The van der Waals surface area contributed by atoms with Gasteiger partial charge in [-0.15, -0.1) is 0 Å². The van der Waals surface area contributed by atoms with Crippen LogP contribution in [0.5, 0.6) is 0 Å². The lowest BCUT2D eigenvalue weighted by Gasteiger charge is -2.35.